The maximum atomic E-state index is 10.9. The second kappa shape index (κ2) is 13.0. The Morgan fingerprint density at radius 2 is 1.33 bits per heavy atom. The van der Waals surface area contributed by atoms with Gasteiger partial charge in [-0.25, -0.2) is 0 Å². The molecule has 0 fully saturated rings. The standard InChI is InChI=1S/C15H32N2O4/c1-5-14(18)16-6-8-19-10-12-21-13-11-20-9-7-17-15(2,3)4/h17H,5-13H2,1-4H3,(H,16,18). The first-order valence-corrected chi connectivity index (χ1v) is 7.70. The minimum atomic E-state index is 0.0490. The Hall–Kier alpha value is -0.690. The van der Waals surface area contributed by atoms with Gasteiger partial charge in [0.05, 0.1) is 39.6 Å². The van der Waals surface area contributed by atoms with Gasteiger partial charge in [-0.3, -0.25) is 4.79 Å². The van der Waals surface area contributed by atoms with Crippen LogP contribution in [0.3, 0.4) is 0 Å². The average Bonchev–Trinajstić information content (AvgIpc) is 2.42. The van der Waals surface area contributed by atoms with E-state index in [4.69, 9.17) is 14.2 Å². The molecule has 0 aromatic carbocycles. The predicted octanol–water partition coefficient (Wildman–Crippen LogP) is 0.951. The molecule has 0 unspecified atom stereocenters. The molecule has 0 atom stereocenters. The third-order valence-electron chi connectivity index (χ3n) is 2.54. The van der Waals surface area contributed by atoms with Gasteiger partial charge in [-0.2, -0.15) is 0 Å². The number of hydrogen-bond acceptors (Lipinski definition) is 5. The van der Waals surface area contributed by atoms with Crippen LogP contribution in [0.15, 0.2) is 0 Å². The smallest absolute Gasteiger partial charge is 0.219 e. The van der Waals surface area contributed by atoms with Crippen LogP contribution < -0.4 is 10.6 Å². The van der Waals surface area contributed by atoms with E-state index < -0.39 is 0 Å². The first-order chi connectivity index (χ1) is 9.95. The third kappa shape index (κ3) is 17.3. The number of hydrogen-bond donors (Lipinski definition) is 2. The highest BCUT2D eigenvalue weighted by Crippen LogP contribution is 1.96. The largest absolute Gasteiger partial charge is 0.378 e. The molecule has 0 spiro atoms. The van der Waals surface area contributed by atoms with Crippen molar-refractivity contribution in [3.63, 3.8) is 0 Å². The fourth-order valence-electron chi connectivity index (χ4n) is 1.43. The topological polar surface area (TPSA) is 68.8 Å². The number of ether oxygens (including phenoxy) is 3. The molecule has 21 heavy (non-hydrogen) atoms. The maximum Gasteiger partial charge on any atom is 0.219 e. The molecule has 0 saturated carbocycles. The van der Waals surface area contributed by atoms with Crippen LogP contribution in [0.5, 0.6) is 0 Å². The molecule has 0 aliphatic carbocycles. The summed E-state index contributed by atoms with van der Waals surface area (Å²) in [5.74, 6) is 0.0490. The van der Waals surface area contributed by atoms with E-state index in [1.54, 1.807) is 0 Å². The minimum absolute atomic E-state index is 0.0490. The van der Waals surface area contributed by atoms with Gasteiger partial charge in [0.2, 0.25) is 5.91 Å². The molecule has 0 saturated heterocycles. The van der Waals surface area contributed by atoms with Gasteiger partial charge in [-0.05, 0) is 20.8 Å². The number of rotatable bonds is 13. The summed E-state index contributed by atoms with van der Waals surface area (Å²) >= 11 is 0. The Morgan fingerprint density at radius 3 is 1.81 bits per heavy atom. The summed E-state index contributed by atoms with van der Waals surface area (Å²) in [5, 5.41) is 6.09. The van der Waals surface area contributed by atoms with Crippen molar-refractivity contribution in [1.29, 1.82) is 0 Å². The third-order valence-corrected chi connectivity index (χ3v) is 2.54. The summed E-state index contributed by atoms with van der Waals surface area (Å²) in [6.07, 6.45) is 0.508. The van der Waals surface area contributed by atoms with Crippen LogP contribution in [0.1, 0.15) is 34.1 Å². The predicted molar refractivity (Wildman–Crippen MR) is 83.5 cm³/mol. The number of carbonyl (C=O) groups excluding carboxylic acids is 1. The van der Waals surface area contributed by atoms with Crippen molar-refractivity contribution >= 4 is 5.91 Å². The highest BCUT2D eigenvalue weighted by Gasteiger charge is 2.06. The quantitative estimate of drug-likeness (QED) is 0.496. The van der Waals surface area contributed by atoms with E-state index in [1.165, 1.54) is 0 Å². The molecule has 6 nitrogen and oxygen atoms in total. The zero-order valence-corrected chi connectivity index (χ0v) is 14.0. The highest BCUT2D eigenvalue weighted by atomic mass is 16.5. The monoisotopic (exact) mass is 304 g/mol. The molecule has 0 bridgehead atoms. The minimum Gasteiger partial charge on any atom is -0.378 e. The van der Waals surface area contributed by atoms with Crippen molar-refractivity contribution in [2.24, 2.45) is 0 Å². The zero-order valence-electron chi connectivity index (χ0n) is 14.0. The number of carbonyl (C=O) groups is 1. The molecule has 2 N–H and O–H groups in total. The van der Waals surface area contributed by atoms with Gasteiger partial charge in [0.25, 0.3) is 0 Å². The highest BCUT2D eigenvalue weighted by molar-refractivity contribution is 5.75. The van der Waals surface area contributed by atoms with Crippen LogP contribution in [-0.4, -0.2) is 64.2 Å². The van der Waals surface area contributed by atoms with Crippen molar-refractivity contribution in [2.75, 3.05) is 52.7 Å². The van der Waals surface area contributed by atoms with E-state index in [1.807, 2.05) is 6.92 Å². The van der Waals surface area contributed by atoms with E-state index >= 15 is 0 Å². The van der Waals surface area contributed by atoms with E-state index in [2.05, 4.69) is 31.4 Å². The lowest BCUT2D eigenvalue weighted by atomic mass is 10.1. The first-order valence-electron chi connectivity index (χ1n) is 7.70. The normalized spacial score (nSPS) is 11.6. The molecule has 0 heterocycles. The summed E-state index contributed by atoms with van der Waals surface area (Å²) in [4.78, 5) is 10.9. The molecule has 0 aliphatic rings. The van der Waals surface area contributed by atoms with Gasteiger partial charge >= 0.3 is 0 Å². The summed E-state index contributed by atoms with van der Waals surface area (Å²) < 4.78 is 16.1. The SMILES string of the molecule is CCC(=O)NCCOCCOCCOCCNC(C)(C)C. The van der Waals surface area contributed by atoms with Crippen LogP contribution in [0.4, 0.5) is 0 Å². The second-order valence-corrected chi connectivity index (χ2v) is 5.72. The van der Waals surface area contributed by atoms with Gasteiger partial charge in [0.15, 0.2) is 0 Å². The molecular formula is C15H32N2O4. The lowest BCUT2D eigenvalue weighted by molar-refractivity contribution is -0.121. The molecule has 0 rings (SSSR count). The van der Waals surface area contributed by atoms with Crippen molar-refractivity contribution < 1.29 is 19.0 Å². The Morgan fingerprint density at radius 1 is 0.857 bits per heavy atom. The molecule has 6 heteroatoms. The van der Waals surface area contributed by atoms with E-state index in [0.29, 0.717) is 52.6 Å². The number of nitrogens with one attached hydrogen (secondary N) is 2. The first kappa shape index (κ1) is 20.3. The molecule has 0 aromatic rings. The van der Waals surface area contributed by atoms with Crippen LogP contribution >= 0.6 is 0 Å². The zero-order chi connectivity index (χ0) is 16.0. The molecular weight excluding hydrogens is 272 g/mol. The fraction of sp³-hybridized carbons (Fsp3) is 0.933. The van der Waals surface area contributed by atoms with E-state index in [-0.39, 0.29) is 11.4 Å². The van der Waals surface area contributed by atoms with Crippen LogP contribution in [0, 0.1) is 0 Å². The van der Waals surface area contributed by atoms with Crippen LogP contribution in [0.25, 0.3) is 0 Å². The molecule has 126 valence electrons. The molecule has 0 aliphatic heterocycles. The Bertz CT molecular complexity index is 255. The Kier molecular flexibility index (Phi) is 12.6. The van der Waals surface area contributed by atoms with Crippen molar-refractivity contribution in [3.8, 4) is 0 Å². The second-order valence-electron chi connectivity index (χ2n) is 5.72. The summed E-state index contributed by atoms with van der Waals surface area (Å²) in [6, 6.07) is 0. The van der Waals surface area contributed by atoms with E-state index in [9.17, 15) is 4.79 Å². The van der Waals surface area contributed by atoms with Gasteiger partial charge in [-0.1, -0.05) is 6.92 Å². The summed E-state index contributed by atoms with van der Waals surface area (Å²) in [6.45, 7) is 13.1. The summed E-state index contributed by atoms with van der Waals surface area (Å²) in [7, 11) is 0. The van der Waals surface area contributed by atoms with Crippen LogP contribution in [-0.2, 0) is 19.0 Å². The van der Waals surface area contributed by atoms with Crippen molar-refractivity contribution in [2.45, 2.75) is 39.7 Å². The van der Waals surface area contributed by atoms with E-state index in [0.717, 1.165) is 6.54 Å². The number of amides is 1. The van der Waals surface area contributed by atoms with Gasteiger partial charge in [-0.15, -0.1) is 0 Å². The maximum absolute atomic E-state index is 10.9. The molecule has 0 aromatic heterocycles. The lowest BCUT2D eigenvalue weighted by Gasteiger charge is -2.20. The van der Waals surface area contributed by atoms with Crippen molar-refractivity contribution in [3.05, 3.63) is 0 Å². The molecule has 0 radical (unpaired) electrons. The van der Waals surface area contributed by atoms with Crippen molar-refractivity contribution in [1.82, 2.24) is 10.6 Å². The van der Waals surface area contributed by atoms with Gasteiger partial charge < -0.3 is 24.8 Å². The van der Waals surface area contributed by atoms with Gasteiger partial charge in [0, 0.05) is 25.0 Å². The Labute approximate surface area is 128 Å². The lowest BCUT2D eigenvalue weighted by Crippen LogP contribution is -2.38. The summed E-state index contributed by atoms with van der Waals surface area (Å²) in [5.41, 5.74) is 0.133. The van der Waals surface area contributed by atoms with Gasteiger partial charge in [0.1, 0.15) is 0 Å². The molecule has 1 amide bonds. The van der Waals surface area contributed by atoms with Crippen LogP contribution in [0.2, 0.25) is 0 Å². The fourth-order valence-corrected chi connectivity index (χ4v) is 1.43. The average molecular weight is 304 g/mol. The Balaban J connectivity index is 3.08.